The normalized spacial score (nSPS) is 15.5. The Kier molecular flexibility index (Phi) is 5.90. The number of carbonyl (C=O) groups excluding carboxylic acids is 1. The van der Waals surface area contributed by atoms with Gasteiger partial charge in [-0.3, -0.25) is 9.59 Å². The van der Waals surface area contributed by atoms with E-state index in [9.17, 15) is 14.0 Å². The quantitative estimate of drug-likeness (QED) is 0.859. The van der Waals surface area contributed by atoms with Crippen molar-refractivity contribution in [1.82, 2.24) is 4.90 Å². The number of hydrogen-bond acceptors (Lipinski definition) is 3. The van der Waals surface area contributed by atoms with Crippen LogP contribution in [-0.2, 0) is 20.7 Å². The predicted molar refractivity (Wildman–Crippen MR) is 81.0 cm³/mol. The van der Waals surface area contributed by atoms with Gasteiger partial charge in [-0.2, -0.15) is 0 Å². The molecule has 0 aromatic heterocycles. The van der Waals surface area contributed by atoms with E-state index in [0.717, 1.165) is 0 Å². The van der Waals surface area contributed by atoms with Crippen LogP contribution in [0.2, 0.25) is 0 Å². The molecule has 0 aliphatic carbocycles. The van der Waals surface area contributed by atoms with Gasteiger partial charge in [-0.15, -0.1) is 0 Å². The molecule has 0 saturated carbocycles. The van der Waals surface area contributed by atoms with E-state index in [1.54, 1.807) is 0 Å². The van der Waals surface area contributed by atoms with Crippen molar-refractivity contribution in [2.45, 2.75) is 25.3 Å². The fourth-order valence-corrected chi connectivity index (χ4v) is 2.92. The number of carbonyl (C=O) groups is 2. The Bertz CT molecular complexity index is 560. The minimum absolute atomic E-state index is 0.0452. The highest BCUT2D eigenvalue weighted by atomic mass is 79.9. The number of rotatable bonds is 5. The summed E-state index contributed by atoms with van der Waals surface area (Å²) in [5.41, 5.74) is 0.640. The van der Waals surface area contributed by atoms with Gasteiger partial charge in [0, 0.05) is 19.3 Å². The molecule has 0 spiro atoms. The molecule has 0 unspecified atom stereocenters. The van der Waals surface area contributed by atoms with E-state index in [0.29, 0.717) is 31.6 Å². The molecule has 0 bridgehead atoms. The number of hydrogen-bond donors (Lipinski definition) is 1. The molecule has 7 heteroatoms. The maximum absolute atomic E-state index is 13.2. The number of halogens is 2. The van der Waals surface area contributed by atoms with Gasteiger partial charge < -0.3 is 14.7 Å². The fraction of sp³-hybridized carbons (Fsp3) is 0.467. The third-order valence-electron chi connectivity index (χ3n) is 3.60. The number of amides is 1. The highest BCUT2D eigenvalue weighted by molar-refractivity contribution is 9.10. The minimum Gasteiger partial charge on any atom is -0.480 e. The van der Waals surface area contributed by atoms with E-state index in [-0.39, 0.29) is 29.4 Å². The minimum atomic E-state index is -1.04. The Hall–Kier alpha value is -1.47. The first-order chi connectivity index (χ1) is 10.5. The second-order valence-electron chi connectivity index (χ2n) is 5.18. The number of ether oxygens (including phenoxy) is 1. The number of aliphatic carboxylic acids is 1. The molecule has 1 aromatic carbocycles. The molecule has 1 amide bonds. The summed E-state index contributed by atoms with van der Waals surface area (Å²) in [5.74, 6) is -1.71. The van der Waals surface area contributed by atoms with Gasteiger partial charge in [-0.25, -0.2) is 4.39 Å². The van der Waals surface area contributed by atoms with Crippen LogP contribution in [0.5, 0.6) is 0 Å². The summed E-state index contributed by atoms with van der Waals surface area (Å²) in [6.45, 7) is 0.720. The van der Waals surface area contributed by atoms with Gasteiger partial charge in [0.1, 0.15) is 12.4 Å². The average molecular weight is 374 g/mol. The summed E-state index contributed by atoms with van der Waals surface area (Å²) >= 11 is 3.08. The topological polar surface area (TPSA) is 66.8 Å². The van der Waals surface area contributed by atoms with Crippen LogP contribution in [0.15, 0.2) is 22.7 Å². The molecule has 1 saturated heterocycles. The van der Waals surface area contributed by atoms with Crippen molar-refractivity contribution in [3.8, 4) is 0 Å². The van der Waals surface area contributed by atoms with Crippen LogP contribution in [0.1, 0.15) is 18.4 Å². The van der Waals surface area contributed by atoms with Crippen LogP contribution in [0.25, 0.3) is 0 Å². The van der Waals surface area contributed by atoms with E-state index in [4.69, 9.17) is 9.84 Å². The average Bonchev–Trinajstić information content (AvgIpc) is 2.49. The molecule has 2 rings (SSSR count). The molecular weight excluding hydrogens is 357 g/mol. The first-order valence-corrected chi connectivity index (χ1v) is 7.79. The predicted octanol–water partition coefficient (Wildman–Crippen LogP) is 2.22. The molecule has 0 atom stereocenters. The van der Waals surface area contributed by atoms with Crippen molar-refractivity contribution >= 4 is 27.8 Å². The fourth-order valence-electron chi connectivity index (χ4n) is 2.49. The van der Waals surface area contributed by atoms with E-state index >= 15 is 0 Å². The number of benzene rings is 1. The zero-order valence-electron chi connectivity index (χ0n) is 11.9. The Morgan fingerprint density at radius 1 is 1.36 bits per heavy atom. The van der Waals surface area contributed by atoms with Gasteiger partial charge in [0.2, 0.25) is 5.91 Å². The van der Waals surface area contributed by atoms with Crippen molar-refractivity contribution in [3.63, 3.8) is 0 Å². The van der Waals surface area contributed by atoms with Gasteiger partial charge in [0.15, 0.2) is 0 Å². The highest BCUT2D eigenvalue weighted by Crippen LogP contribution is 2.19. The highest BCUT2D eigenvalue weighted by Gasteiger charge is 2.27. The number of carboxylic acid groups (broad SMARTS) is 1. The lowest BCUT2D eigenvalue weighted by Gasteiger charge is -2.33. The SMILES string of the molecule is O=C(O)CN(C(=O)Cc1ccc(F)c(Br)c1)C1CCOCC1. The zero-order chi connectivity index (χ0) is 16.1. The first-order valence-electron chi connectivity index (χ1n) is 7.00. The second-order valence-corrected chi connectivity index (χ2v) is 6.04. The second kappa shape index (κ2) is 7.69. The van der Waals surface area contributed by atoms with Crippen LogP contribution >= 0.6 is 15.9 Å². The number of nitrogens with zero attached hydrogens (tertiary/aromatic N) is 1. The molecule has 22 heavy (non-hydrogen) atoms. The number of carboxylic acids is 1. The molecule has 1 N–H and O–H groups in total. The van der Waals surface area contributed by atoms with Crippen LogP contribution in [0, 0.1) is 5.82 Å². The summed E-state index contributed by atoms with van der Waals surface area (Å²) in [6, 6.07) is 4.22. The molecule has 0 radical (unpaired) electrons. The monoisotopic (exact) mass is 373 g/mol. The van der Waals surface area contributed by atoms with Gasteiger partial charge in [-0.1, -0.05) is 6.07 Å². The van der Waals surface area contributed by atoms with Crippen molar-refractivity contribution in [2.75, 3.05) is 19.8 Å². The lowest BCUT2D eigenvalue weighted by molar-refractivity contribution is -0.147. The zero-order valence-corrected chi connectivity index (χ0v) is 13.5. The molecule has 1 aliphatic heterocycles. The van der Waals surface area contributed by atoms with E-state index in [1.165, 1.54) is 23.1 Å². The summed E-state index contributed by atoms with van der Waals surface area (Å²) in [5, 5.41) is 9.03. The Balaban J connectivity index is 2.10. The lowest BCUT2D eigenvalue weighted by Crippen LogP contribution is -2.46. The maximum Gasteiger partial charge on any atom is 0.323 e. The molecule has 1 aliphatic rings. The molecule has 5 nitrogen and oxygen atoms in total. The first kappa shape index (κ1) is 16.9. The van der Waals surface area contributed by atoms with Gasteiger partial charge in [-0.05, 0) is 46.5 Å². The smallest absolute Gasteiger partial charge is 0.323 e. The largest absolute Gasteiger partial charge is 0.480 e. The summed E-state index contributed by atoms with van der Waals surface area (Å²) in [7, 11) is 0. The van der Waals surface area contributed by atoms with E-state index < -0.39 is 11.8 Å². The maximum atomic E-state index is 13.2. The third kappa shape index (κ3) is 4.51. The van der Waals surface area contributed by atoms with Crippen molar-refractivity contribution in [2.24, 2.45) is 0 Å². The van der Waals surface area contributed by atoms with E-state index in [1.807, 2.05) is 0 Å². The Labute approximate surface area is 136 Å². The van der Waals surface area contributed by atoms with Crippen molar-refractivity contribution < 1.29 is 23.8 Å². The van der Waals surface area contributed by atoms with Gasteiger partial charge in [0.25, 0.3) is 0 Å². The molecule has 120 valence electrons. The van der Waals surface area contributed by atoms with E-state index in [2.05, 4.69) is 15.9 Å². The van der Waals surface area contributed by atoms with Crippen LogP contribution in [0.3, 0.4) is 0 Å². The van der Waals surface area contributed by atoms with Gasteiger partial charge in [0.05, 0.1) is 10.9 Å². The summed E-state index contributed by atoms with van der Waals surface area (Å²) in [4.78, 5) is 24.9. The Morgan fingerprint density at radius 3 is 2.64 bits per heavy atom. The summed E-state index contributed by atoms with van der Waals surface area (Å²) in [6.07, 6.45) is 1.31. The third-order valence-corrected chi connectivity index (χ3v) is 4.20. The standard InChI is InChI=1S/C15H17BrFNO4/c16-12-7-10(1-2-13(12)17)8-14(19)18(9-15(20)21)11-3-5-22-6-4-11/h1-2,7,11H,3-6,8-9H2,(H,20,21). The Morgan fingerprint density at radius 2 is 2.05 bits per heavy atom. The summed E-state index contributed by atoms with van der Waals surface area (Å²) < 4.78 is 18.8. The van der Waals surface area contributed by atoms with Crippen molar-refractivity contribution in [3.05, 3.63) is 34.1 Å². The van der Waals surface area contributed by atoms with Crippen LogP contribution < -0.4 is 0 Å². The molecular formula is C15H17BrFNO4. The molecule has 1 fully saturated rings. The van der Waals surface area contributed by atoms with Crippen LogP contribution in [0.4, 0.5) is 4.39 Å². The molecule has 1 aromatic rings. The lowest BCUT2D eigenvalue weighted by atomic mass is 10.0. The molecule has 1 heterocycles. The van der Waals surface area contributed by atoms with Crippen LogP contribution in [-0.4, -0.2) is 47.7 Å². The van der Waals surface area contributed by atoms with Crippen molar-refractivity contribution in [1.29, 1.82) is 0 Å². The van der Waals surface area contributed by atoms with Gasteiger partial charge >= 0.3 is 5.97 Å².